The van der Waals surface area contributed by atoms with Gasteiger partial charge in [-0.05, 0) is 51.2 Å². The molecule has 0 aliphatic rings. The molecule has 156 valence electrons. The third-order valence-electron chi connectivity index (χ3n) is 3.66. The van der Waals surface area contributed by atoms with E-state index < -0.39 is 41.8 Å². The van der Waals surface area contributed by atoms with Crippen LogP contribution in [0.2, 0.25) is 0 Å². The molecule has 0 aromatic carbocycles. The number of hydrogen-bond donors (Lipinski definition) is 6. The van der Waals surface area contributed by atoms with E-state index in [-0.39, 0.29) is 13.0 Å². The molecule has 3 unspecified atom stereocenters. The average Bonchev–Trinajstić information content (AvgIpc) is 2.61. The maximum absolute atomic E-state index is 12.3. The van der Waals surface area contributed by atoms with Crippen LogP contribution in [0.1, 0.15) is 32.6 Å². The molecule has 3 amide bonds. The van der Waals surface area contributed by atoms with E-state index >= 15 is 0 Å². The fourth-order valence-electron chi connectivity index (χ4n) is 2.09. The molecule has 11 heteroatoms. The van der Waals surface area contributed by atoms with Gasteiger partial charge < -0.3 is 32.5 Å². The predicted octanol–water partition coefficient (Wildman–Crippen LogP) is -1.61. The number of carboxylic acid groups (broad SMARTS) is 1. The highest BCUT2D eigenvalue weighted by Gasteiger charge is 2.23. The molecule has 0 rings (SSSR count). The van der Waals surface area contributed by atoms with Crippen molar-refractivity contribution < 1.29 is 24.3 Å². The molecule has 8 N–H and O–H groups in total. The van der Waals surface area contributed by atoms with Gasteiger partial charge >= 0.3 is 5.97 Å². The van der Waals surface area contributed by atoms with E-state index in [9.17, 15) is 19.2 Å². The van der Waals surface area contributed by atoms with E-state index in [2.05, 4.69) is 16.0 Å². The van der Waals surface area contributed by atoms with Crippen LogP contribution in [-0.2, 0) is 19.2 Å². The van der Waals surface area contributed by atoms with Crippen molar-refractivity contribution >= 4 is 35.5 Å². The lowest BCUT2D eigenvalue weighted by atomic mass is 10.1. The summed E-state index contributed by atoms with van der Waals surface area (Å²) in [6.07, 6.45) is 3.78. The summed E-state index contributed by atoms with van der Waals surface area (Å²) in [6.45, 7) is 1.58. The molecule has 0 aliphatic carbocycles. The van der Waals surface area contributed by atoms with E-state index in [4.69, 9.17) is 16.6 Å². The van der Waals surface area contributed by atoms with E-state index in [1.807, 2.05) is 6.26 Å². The summed E-state index contributed by atoms with van der Waals surface area (Å²) in [5.41, 5.74) is 10.9. The second-order valence-electron chi connectivity index (χ2n) is 6.09. The van der Waals surface area contributed by atoms with Crippen LogP contribution in [0.15, 0.2) is 0 Å². The fraction of sp³-hybridized carbons (Fsp3) is 0.750. The molecule has 0 bridgehead atoms. The number of hydrogen-bond acceptors (Lipinski definition) is 7. The standard InChI is InChI=1S/C16H31N5O5S/c1-10(18)14(23)21-11(5-3-4-7-17)15(24)19-9-13(22)20-12(16(25)26)6-8-27-2/h10-12H,3-9,17-18H2,1-2H3,(H,19,24)(H,20,22)(H,21,23)(H,25,26). The largest absolute Gasteiger partial charge is 0.480 e. The van der Waals surface area contributed by atoms with Gasteiger partial charge in [0.15, 0.2) is 0 Å². The van der Waals surface area contributed by atoms with Crippen LogP contribution in [0.25, 0.3) is 0 Å². The first-order valence-corrected chi connectivity index (χ1v) is 10.2. The quantitative estimate of drug-likeness (QED) is 0.187. The molecule has 0 saturated heterocycles. The molecule has 0 fully saturated rings. The lowest BCUT2D eigenvalue weighted by Crippen LogP contribution is -2.53. The predicted molar refractivity (Wildman–Crippen MR) is 104 cm³/mol. The number of unbranched alkanes of at least 4 members (excludes halogenated alkanes) is 1. The van der Waals surface area contributed by atoms with Crippen molar-refractivity contribution in [3.63, 3.8) is 0 Å². The molecule has 0 aromatic rings. The molecule has 0 saturated carbocycles. The number of aliphatic carboxylic acids is 1. The SMILES string of the molecule is CSCCC(NC(=O)CNC(=O)C(CCCCN)NC(=O)C(C)N)C(=O)O. The van der Waals surface area contributed by atoms with Crippen LogP contribution in [-0.4, -0.2) is 72.0 Å². The van der Waals surface area contributed by atoms with Gasteiger partial charge in [-0.1, -0.05) is 0 Å². The minimum absolute atomic E-state index is 0.280. The average molecular weight is 406 g/mol. The van der Waals surface area contributed by atoms with Gasteiger partial charge in [0, 0.05) is 0 Å². The summed E-state index contributed by atoms with van der Waals surface area (Å²) in [5, 5.41) is 16.4. The van der Waals surface area contributed by atoms with Crippen molar-refractivity contribution in [1.82, 2.24) is 16.0 Å². The highest BCUT2D eigenvalue weighted by Crippen LogP contribution is 2.02. The minimum atomic E-state index is -1.13. The number of nitrogens with two attached hydrogens (primary N) is 2. The summed E-state index contributed by atoms with van der Waals surface area (Å²) < 4.78 is 0. The summed E-state index contributed by atoms with van der Waals surface area (Å²) in [7, 11) is 0. The number of carbonyl (C=O) groups excluding carboxylic acids is 3. The first-order valence-electron chi connectivity index (χ1n) is 8.77. The Morgan fingerprint density at radius 2 is 1.70 bits per heavy atom. The van der Waals surface area contributed by atoms with Gasteiger partial charge in [-0.2, -0.15) is 11.8 Å². The molecule has 10 nitrogen and oxygen atoms in total. The first-order chi connectivity index (χ1) is 12.7. The second kappa shape index (κ2) is 14.2. The Hall–Kier alpha value is -1.85. The molecular formula is C16H31N5O5S. The molecule has 27 heavy (non-hydrogen) atoms. The summed E-state index contributed by atoms with van der Waals surface area (Å²) in [4.78, 5) is 47.1. The third-order valence-corrected chi connectivity index (χ3v) is 4.30. The van der Waals surface area contributed by atoms with Crippen LogP contribution in [0, 0.1) is 0 Å². The van der Waals surface area contributed by atoms with Gasteiger partial charge in [-0.25, -0.2) is 4.79 Å². The minimum Gasteiger partial charge on any atom is -0.480 e. The topological polar surface area (TPSA) is 177 Å². The molecule has 0 spiro atoms. The normalized spacial score (nSPS) is 13.9. The van der Waals surface area contributed by atoms with Crippen molar-refractivity contribution in [2.75, 3.05) is 25.1 Å². The number of thioether (sulfide) groups is 1. The number of rotatable bonds is 14. The zero-order chi connectivity index (χ0) is 20.8. The Morgan fingerprint density at radius 1 is 1.04 bits per heavy atom. The second-order valence-corrected chi connectivity index (χ2v) is 7.08. The highest BCUT2D eigenvalue weighted by molar-refractivity contribution is 7.98. The Bertz CT molecular complexity index is 504. The van der Waals surface area contributed by atoms with Crippen LogP contribution in [0.5, 0.6) is 0 Å². The van der Waals surface area contributed by atoms with Crippen LogP contribution < -0.4 is 27.4 Å². The zero-order valence-corrected chi connectivity index (χ0v) is 16.6. The Morgan fingerprint density at radius 3 is 2.22 bits per heavy atom. The number of nitrogens with one attached hydrogen (secondary N) is 3. The van der Waals surface area contributed by atoms with Crippen molar-refractivity contribution in [2.45, 2.75) is 50.7 Å². The maximum atomic E-state index is 12.3. The van der Waals surface area contributed by atoms with Crippen molar-refractivity contribution in [2.24, 2.45) is 11.5 Å². The van der Waals surface area contributed by atoms with Crippen molar-refractivity contribution in [1.29, 1.82) is 0 Å². The lowest BCUT2D eigenvalue weighted by Gasteiger charge is -2.20. The number of amides is 3. The summed E-state index contributed by atoms with van der Waals surface area (Å²) in [5.74, 6) is -2.18. The van der Waals surface area contributed by atoms with Crippen LogP contribution >= 0.6 is 11.8 Å². The maximum Gasteiger partial charge on any atom is 0.326 e. The van der Waals surface area contributed by atoms with E-state index in [1.54, 1.807) is 0 Å². The number of carbonyl (C=O) groups is 4. The lowest BCUT2D eigenvalue weighted by molar-refractivity contribution is -0.141. The monoisotopic (exact) mass is 405 g/mol. The molecule has 0 aliphatic heterocycles. The molecule has 0 radical (unpaired) electrons. The fourth-order valence-corrected chi connectivity index (χ4v) is 2.57. The van der Waals surface area contributed by atoms with Crippen LogP contribution in [0.3, 0.4) is 0 Å². The van der Waals surface area contributed by atoms with Crippen LogP contribution in [0.4, 0.5) is 0 Å². The smallest absolute Gasteiger partial charge is 0.326 e. The van der Waals surface area contributed by atoms with Gasteiger partial charge in [0.25, 0.3) is 0 Å². The molecule has 3 atom stereocenters. The van der Waals surface area contributed by atoms with E-state index in [1.165, 1.54) is 18.7 Å². The third kappa shape index (κ3) is 11.5. The Labute approximate surface area is 163 Å². The van der Waals surface area contributed by atoms with Gasteiger partial charge in [0.05, 0.1) is 12.6 Å². The zero-order valence-electron chi connectivity index (χ0n) is 15.8. The molecule has 0 aromatic heterocycles. The Kier molecular flexibility index (Phi) is 13.3. The van der Waals surface area contributed by atoms with Crippen molar-refractivity contribution in [3.05, 3.63) is 0 Å². The van der Waals surface area contributed by atoms with E-state index in [0.29, 0.717) is 31.6 Å². The summed E-state index contributed by atoms with van der Waals surface area (Å²) in [6, 6.07) is -2.62. The van der Waals surface area contributed by atoms with Crippen molar-refractivity contribution in [3.8, 4) is 0 Å². The summed E-state index contributed by atoms with van der Waals surface area (Å²) >= 11 is 1.47. The Balaban J connectivity index is 4.64. The molecule has 0 heterocycles. The number of carboxylic acids is 1. The highest BCUT2D eigenvalue weighted by atomic mass is 32.2. The van der Waals surface area contributed by atoms with Gasteiger partial charge in [-0.3, -0.25) is 14.4 Å². The first kappa shape index (κ1) is 25.1. The molecular weight excluding hydrogens is 374 g/mol. The van der Waals surface area contributed by atoms with Gasteiger partial charge in [-0.15, -0.1) is 0 Å². The van der Waals surface area contributed by atoms with E-state index in [0.717, 1.165) is 0 Å². The van der Waals surface area contributed by atoms with Gasteiger partial charge in [0.2, 0.25) is 17.7 Å². The van der Waals surface area contributed by atoms with Gasteiger partial charge in [0.1, 0.15) is 12.1 Å².